The summed E-state index contributed by atoms with van der Waals surface area (Å²) >= 11 is 6.23. The van der Waals surface area contributed by atoms with Crippen molar-refractivity contribution < 1.29 is 23.9 Å². The molecule has 0 bridgehead atoms. The van der Waals surface area contributed by atoms with Crippen molar-refractivity contribution >= 4 is 51.8 Å². The molecular formula is C41H40ClN11O6. The third-order valence-electron chi connectivity index (χ3n) is 11.8. The molecule has 18 heteroatoms. The molecule has 8 rings (SSSR count). The highest BCUT2D eigenvalue weighted by atomic mass is 35.5. The molecule has 0 radical (unpaired) electrons. The van der Waals surface area contributed by atoms with Gasteiger partial charge in [-0.15, -0.1) is 10.2 Å². The number of carbonyl (C=O) groups is 4. The first kappa shape index (κ1) is 39.2. The van der Waals surface area contributed by atoms with Gasteiger partial charge in [-0.2, -0.15) is 9.94 Å². The van der Waals surface area contributed by atoms with Crippen LogP contribution in [0.4, 0.5) is 5.69 Å². The Hall–Kier alpha value is -6.67. The summed E-state index contributed by atoms with van der Waals surface area (Å²) in [7, 11) is 0. The first-order valence-electron chi connectivity index (χ1n) is 19.0. The highest BCUT2D eigenvalue weighted by Gasteiger charge is 2.64. The molecule has 59 heavy (non-hydrogen) atoms. The standard InChI is InChI=1S/C41H40ClN11O6/c1-40(2)38(41(3,4)39(40)59-28-11-7-23(17-43)30(42)16-28)45-35(56)22-5-8-26(9-6-22)52-21-25(46-48-52)20-51-33(54)14-13-32(37(51)58)53-36(57)29-15-27(10-12-31(29)47-49-53)50-18-24(19-50)34(44)55/h5-12,15-16,21,24,32,38-39H,13-14,18-20H2,1-4H3,(H2,44,55)(H,45,56). The average Bonchev–Trinajstić information content (AvgIpc) is 3.66. The average molecular weight is 818 g/mol. The number of aromatic nitrogens is 6. The molecule has 5 aromatic rings. The van der Waals surface area contributed by atoms with Gasteiger partial charge in [0.2, 0.25) is 11.8 Å². The normalized spacial score (nSPS) is 21.1. The molecule has 1 saturated carbocycles. The summed E-state index contributed by atoms with van der Waals surface area (Å²) in [5.41, 5.74) is 6.78. The Kier molecular flexibility index (Phi) is 9.70. The number of ether oxygens (including phenoxy) is 1. The highest BCUT2D eigenvalue weighted by molar-refractivity contribution is 6.31. The molecular weight excluding hydrogens is 778 g/mol. The molecule has 4 amide bonds. The number of nitrogens with zero attached hydrogens (tertiary/aromatic N) is 9. The molecule has 1 unspecified atom stereocenters. The van der Waals surface area contributed by atoms with Gasteiger partial charge >= 0.3 is 0 Å². The number of benzene rings is 3. The summed E-state index contributed by atoms with van der Waals surface area (Å²) in [6.07, 6.45) is 1.40. The second-order valence-electron chi connectivity index (χ2n) is 16.4. The maximum Gasteiger partial charge on any atom is 0.278 e. The fraction of sp³-hybridized carbons (Fsp3) is 0.366. The zero-order valence-corrected chi connectivity index (χ0v) is 33.4. The lowest BCUT2D eigenvalue weighted by Crippen LogP contribution is -2.74. The minimum absolute atomic E-state index is 0.00252. The summed E-state index contributed by atoms with van der Waals surface area (Å²) in [4.78, 5) is 68.4. The summed E-state index contributed by atoms with van der Waals surface area (Å²) in [6.45, 7) is 8.81. The molecule has 1 aliphatic carbocycles. The predicted octanol–water partition coefficient (Wildman–Crippen LogP) is 3.32. The van der Waals surface area contributed by atoms with E-state index in [1.165, 1.54) is 4.68 Å². The quantitative estimate of drug-likeness (QED) is 0.194. The second-order valence-corrected chi connectivity index (χ2v) is 16.8. The van der Waals surface area contributed by atoms with E-state index in [1.54, 1.807) is 66.9 Å². The topological polar surface area (TPSA) is 224 Å². The molecule has 3 N–H and O–H groups in total. The number of carbonyl (C=O) groups excluding carboxylic acids is 4. The van der Waals surface area contributed by atoms with Crippen molar-refractivity contribution in [3.05, 3.63) is 99.1 Å². The Balaban J connectivity index is 0.915. The van der Waals surface area contributed by atoms with Crippen LogP contribution in [0.5, 0.6) is 5.75 Å². The van der Waals surface area contributed by atoms with E-state index in [4.69, 9.17) is 22.1 Å². The smallest absolute Gasteiger partial charge is 0.278 e. The van der Waals surface area contributed by atoms with Gasteiger partial charge in [0.1, 0.15) is 35.2 Å². The van der Waals surface area contributed by atoms with Crippen LogP contribution in [0.15, 0.2) is 71.7 Å². The monoisotopic (exact) mass is 817 g/mol. The zero-order valence-electron chi connectivity index (χ0n) is 32.6. The van der Waals surface area contributed by atoms with Crippen molar-refractivity contribution in [1.29, 1.82) is 5.26 Å². The number of piperidine rings is 1. The summed E-state index contributed by atoms with van der Waals surface area (Å²) < 4.78 is 8.84. The van der Waals surface area contributed by atoms with Crippen LogP contribution in [0.2, 0.25) is 5.02 Å². The molecule has 0 spiro atoms. The number of likely N-dealkylation sites (tertiary alicyclic amines) is 1. The van der Waals surface area contributed by atoms with Crippen LogP contribution in [-0.4, -0.2) is 83.8 Å². The number of rotatable bonds is 10. The third kappa shape index (κ3) is 6.92. The highest BCUT2D eigenvalue weighted by Crippen LogP contribution is 2.55. The number of imide groups is 1. The molecule has 3 fully saturated rings. The summed E-state index contributed by atoms with van der Waals surface area (Å²) in [5, 5.41) is 29.6. The van der Waals surface area contributed by atoms with Crippen LogP contribution in [-0.2, 0) is 20.9 Å². The first-order chi connectivity index (χ1) is 28.1. The number of anilines is 1. The van der Waals surface area contributed by atoms with Crippen molar-refractivity contribution in [3.63, 3.8) is 0 Å². The number of nitriles is 1. The van der Waals surface area contributed by atoms with Crippen LogP contribution >= 0.6 is 11.6 Å². The van der Waals surface area contributed by atoms with Gasteiger partial charge in [-0.1, -0.05) is 49.7 Å². The number of primary amides is 1. The number of nitrogens with one attached hydrogen (secondary N) is 1. The van der Waals surface area contributed by atoms with E-state index in [0.717, 1.165) is 15.3 Å². The summed E-state index contributed by atoms with van der Waals surface area (Å²) in [5.74, 6) is -1.39. The van der Waals surface area contributed by atoms with Crippen LogP contribution in [0.1, 0.15) is 68.2 Å². The SMILES string of the molecule is CC1(C)C(NC(=O)c2ccc(-n3cc(CN4C(=O)CCC(n5nnc6ccc(N7CC(C(N)=O)C7)cc6c5=O)C4=O)nn3)cc2)C(C)(C)C1Oc1ccc(C#N)c(Cl)c1. The molecule has 2 saturated heterocycles. The Morgan fingerprint density at radius 1 is 0.966 bits per heavy atom. The summed E-state index contributed by atoms with van der Waals surface area (Å²) in [6, 6.07) is 17.6. The number of fused-ring (bicyclic) bond motifs is 1. The molecule has 17 nitrogen and oxygen atoms in total. The van der Waals surface area contributed by atoms with Gasteiger partial charge in [-0.25, -0.2) is 4.68 Å². The molecule has 2 aliphatic heterocycles. The lowest BCUT2D eigenvalue weighted by molar-refractivity contribution is -0.164. The third-order valence-corrected chi connectivity index (χ3v) is 12.1. The molecule has 3 aromatic carbocycles. The van der Waals surface area contributed by atoms with Crippen molar-refractivity contribution in [2.24, 2.45) is 22.5 Å². The Labute approximate surface area is 342 Å². The van der Waals surface area contributed by atoms with E-state index in [1.807, 2.05) is 38.7 Å². The lowest BCUT2D eigenvalue weighted by Gasteiger charge is -2.63. The minimum Gasteiger partial charge on any atom is -0.489 e. The molecule has 4 heterocycles. The molecule has 3 aliphatic rings. The van der Waals surface area contributed by atoms with Crippen LogP contribution in [0.25, 0.3) is 16.6 Å². The lowest BCUT2D eigenvalue weighted by atomic mass is 9.49. The number of amides is 4. The van der Waals surface area contributed by atoms with E-state index < -0.39 is 34.2 Å². The van der Waals surface area contributed by atoms with Crippen molar-refractivity contribution in [3.8, 4) is 17.5 Å². The van der Waals surface area contributed by atoms with Crippen molar-refractivity contribution in [2.45, 2.75) is 65.3 Å². The van der Waals surface area contributed by atoms with Gasteiger partial charge < -0.3 is 20.7 Å². The van der Waals surface area contributed by atoms with Crippen LogP contribution in [0.3, 0.4) is 0 Å². The fourth-order valence-electron chi connectivity index (χ4n) is 8.76. The first-order valence-corrected chi connectivity index (χ1v) is 19.4. The van der Waals surface area contributed by atoms with E-state index in [-0.39, 0.29) is 54.7 Å². The fourth-order valence-corrected chi connectivity index (χ4v) is 8.97. The number of halogens is 1. The number of nitrogens with two attached hydrogens (primary N) is 1. The van der Waals surface area contributed by atoms with Crippen molar-refractivity contribution in [1.82, 2.24) is 40.2 Å². The van der Waals surface area contributed by atoms with E-state index in [9.17, 15) is 29.2 Å². The van der Waals surface area contributed by atoms with E-state index in [0.29, 0.717) is 51.9 Å². The Bertz CT molecular complexity index is 2630. The van der Waals surface area contributed by atoms with Gasteiger partial charge in [0, 0.05) is 53.7 Å². The van der Waals surface area contributed by atoms with Crippen LogP contribution in [0, 0.1) is 28.1 Å². The maximum absolute atomic E-state index is 13.8. The molecule has 2 aromatic heterocycles. The Morgan fingerprint density at radius 3 is 2.36 bits per heavy atom. The van der Waals surface area contributed by atoms with Gasteiger partial charge in [-0.05, 0) is 61.0 Å². The predicted molar refractivity (Wildman–Crippen MR) is 213 cm³/mol. The van der Waals surface area contributed by atoms with E-state index in [2.05, 4.69) is 25.9 Å². The molecule has 302 valence electrons. The van der Waals surface area contributed by atoms with Crippen molar-refractivity contribution in [2.75, 3.05) is 18.0 Å². The number of hydrogen-bond donors (Lipinski definition) is 2. The minimum atomic E-state index is -1.06. The van der Waals surface area contributed by atoms with Gasteiger partial charge in [0.05, 0.1) is 40.3 Å². The Morgan fingerprint density at radius 2 is 1.68 bits per heavy atom. The van der Waals surface area contributed by atoms with Gasteiger partial charge in [-0.3, -0.25) is 28.9 Å². The maximum atomic E-state index is 13.8. The largest absolute Gasteiger partial charge is 0.489 e. The van der Waals surface area contributed by atoms with E-state index >= 15 is 0 Å². The zero-order chi connectivity index (χ0) is 42.0. The number of hydrogen-bond acceptors (Lipinski definition) is 12. The molecule has 1 atom stereocenters. The van der Waals surface area contributed by atoms with Crippen LogP contribution < -0.4 is 26.2 Å². The second kappa shape index (κ2) is 14.6. The van der Waals surface area contributed by atoms with Gasteiger partial charge in [0.25, 0.3) is 17.4 Å². The van der Waals surface area contributed by atoms with Gasteiger partial charge in [0.15, 0.2) is 0 Å².